The number of para-hydroxylation sites is 1. The van der Waals surface area contributed by atoms with Crippen LogP contribution in [0.4, 0.5) is 39.8 Å². The summed E-state index contributed by atoms with van der Waals surface area (Å²) in [6.45, 7) is 15.2. The molecule has 2 fully saturated rings. The van der Waals surface area contributed by atoms with Gasteiger partial charge in [-0.25, -0.2) is 18.4 Å². The van der Waals surface area contributed by atoms with Crippen molar-refractivity contribution < 1.29 is 47.2 Å². The number of hydrogen-bond donors (Lipinski definition) is 3. The van der Waals surface area contributed by atoms with E-state index >= 15 is 0 Å². The predicted molar refractivity (Wildman–Crippen MR) is 199 cm³/mol. The van der Waals surface area contributed by atoms with E-state index in [1.165, 1.54) is 50.3 Å². The number of carbonyl (C=O) groups is 2. The summed E-state index contributed by atoms with van der Waals surface area (Å²) < 4.78 is 49.2. The molecule has 1 heterocycles. The number of nitro benzene ring substituents is 2. The summed E-state index contributed by atoms with van der Waals surface area (Å²) in [5.41, 5.74) is -1.95. The number of amides is 2. The number of halogens is 3. The van der Waals surface area contributed by atoms with Crippen LogP contribution in [0.25, 0.3) is 0 Å². The SMILES string of the molecule is CC(C)(C)OC(=O)NCC1CCCCC1.CC(C)(C)OC(=O)NCC1CCN(c2c(F)cccc2[N+](=O)[O-])CC1.CCO.O=[N+]([O-])c1cccc(F)c1F. The van der Waals surface area contributed by atoms with Gasteiger partial charge in [0.05, 0.1) is 9.85 Å². The van der Waals surface area contributed by atoms with E-state index in [1.54, 1.807) is 32.6 Å². The number of nitrogens with one attached hydrogen (secondary N) is 2. The average Bonchev–Trinajstić information content (AvgIpc) is 3.07. The predicted octanol–water partition coefficient (Wildman–Crippen LogP) is 8.44. The Hall–Kier alpha value is -4.67. The Labute approximate surface area is 315 Å². The van der Waals surface area contributed by atoms with Gasteiger partial charge in [-0.2, -0.15) is 4.39 Å². The number of nitro groups is 2. The van der Waals surface area contributed by atoms with E-state index in [9.17, 15) is 43.0 Å². The monoisotopic (exact) mass is 771 g/mol. The molecule has 4 rings (SSSR count). The maximum absolute atomic E-state index is 14.1. The Kier molecular flexibility index (Phi) is 20.3. The van der Waals surface area contributed by atoms with Crippen LogP contribution < -0.4 is 15.5 Å². The number of alkyl carbamates (subject to hydrolysis) is 2. The molecule has 1 saturated heterocycles. The Balaban J connectivity index is 0.000000426. The van der Waals surface area contributed by atoms with E-state index in [1.807, 2.05) is 20.8 Å². The highest BCUT2D eigenvalue weighted by atomic mass is 19.2. The summed E-state index contributed by atoms with van der Waals surface area (Å²) in [6, 6.07) is 6.69. The van der Waals surface area contributed by atoms with Crippen LogP contribution >= 0.6 is 0 Å². The molecule has 2 amide bonds. The van der Waals surface area contributed by atoms with Gasteiger partial charge in [0.1, 0.15) is 11.2 Å². The molecule has 17 heteroatoms. The van der Waals surface area contributed by atoms with Crippen molar-refractivity contribution in [2.75, 3.05) is 37.7 Å². The molecular weight excluding hydrogens is 715 g/mol. The van der Waals surface area contributed by atoms with E-state index in [2.05, 4.69) is 10.6 Å². The van der Waals surface area contributed by atoms with Gasteiger partial charge in [0.2, 0.25) is 5.82 Å². The van der Waals surface area contributed by atoms with Crippen molar-refractivity contribution in [2.24, 2.45) is 11.8 Å². The standard InChI is InChI=1S/C17H24FN3O4.C12H23NO2.C6H3F2NO2.C2H6O/c1-17(2,3)25-16(22)19-11-12-7-9-20(10-8-12)15-13(18)5-4-6-14(15)21(23)24;1-12(2,3)15-11(14)13-9-10-7-5-4-6-8-10;7-4-2-1-3-5(6(4)8)9(10)11;1-2-3/h4-6,12H,7-11H2,1-3H3,(H,19,22);10H,4-9H2,1-3H3,(H,13,14);1-3H;3H,2H2,1H3. The first-order valence-corrected chi connectivity index (χ1v) is 18.0. The van der Waals surface area contributed by atoms with Crippen LogP contribution in [0.15, 0.2) is 36.4 Å². The minimum Gasteiger partial charge on any atom is -0.444 e. The molecular formula is C37H56F3N5O9. The number of piperidine rings is 1. The lowest BCUT2D eigenvalue weighted by molar-refractivity contribution is -0.387. The van der Waals surface area contributed by atoms with Crippen LogP contribution in [-0.2, 0) is 9.47 Å². The summed E-state index contributed by atoms with van der Waals surface area (Å²) in [5, 5.41) is 34.3. The summed E-state index contributed by atoms with van der Waals surface area (Å²) in [6.07, 6.45) is 7.13. The second kappa shape index (κ2) is 23.2. The molecule has 0 atom stereocenters. The zero-order valence-corrected chi connectivity index (χ0v) is 32.3. The molecule has 2 aromatic rings. The Morgan fingerprint density at radius 1 is 0.759 bits per heavy atom. The highest BCUT2D eigenvalue weighted by molar-refractivity contribution is 5.68. The van der Waals surface area contributed by atoms with Gasteiger partial charge in [-0.05, 0) is 98.1 Å². The molecule has 1 saturated carbocycles. The minimum atomic E-state index is -1.42. The number of benzene rings is 2. The topological polar surface area (TPSA) is 186 Å². The van der Waals surface area contributed by atoms with Gasteiger partial charge in [-0.15, -0.1) is 0 Å². The minimum absolute atomic E-state index is 0.0473. The molecule has 0 aromatic heterocycles. The van der Waals surface area contributed by atoms with Crippen molar-refractivity contribution in [3.63, 3.8) is 0 Å². The van der Waals surface area contributed by atoms with Crippen molar-refractivity contribution in [1.29, 1.82) is 0 Å². The van der Waals surface area contributed by atoms with Crippen LogP contribution in [-0.4, -0.2) is 71.1 Å². The number of aliphatic hydroxyl groups is 1. The smallest absolute Gasteiger partial charge is 0.407 e. The van der Waals surface area contributed by atoms with Crippen molar-refractivity contribution >= 4 is 29.2 Å². The van der Waals surface area contributed by atoms with E-state index in [0.29, 0.717) is 38.4 Å². The number of aliphatic hydroxyl groups excluding tert-OH is 1. The van der Waals surface area contributed by atoms with Crippen LogP contribution in [0.2, 0.25) is 0 Å². The lowest BCUT2D eigenvalue weighted by Crippen LogP contribution is -2.40. The van der Waals surface area contributed by atoms with Gasteiger partial charge in [0, 0.05) is 44.9 Å². The molecule has 1 aliphatic heterocycles. The van der Waals surface area contributed by atoms with Gasteiger partial charge < -0.3 is 30.1 Å². The second-order valence-electron chi connectivity index (χ2n) is 14.7. The largest absolute Gasteiger partial charge is 0.444 e. The molecule has 0 radical (unpaired) electrons. The van der Waals surface area contributed by atoms with E-state index in [-0.39, 0.29) is 30.0 Å². The van der Waals surface area contributed by atoms with E-state index in [0.717, 1.165) is 24.7 Å². The number of ether oxygens (including phenoxy) is 2. The lowest BCUT2D eigenvalue weighted by Gasteiger charge is -2.33. The number of anilines is 1. The fourth-order valence-corrected chi connectivity index (χ4v) is 5.43. The second-order valence-corrected chi connectivity index (χ2v) is 14.7. The molecule has 14 nitrogen and oxygen atoms in total. The normalized spacial score (nSPS) is 14.8. The highest BCUT2D eigenvalue weighted by Gasteiger charge is 2.28. The Bertz CT molecular complexity index is 1490. The van der Waals surface area contributed by atoms with Crippen LogP contribution in [0.5, 0.6) is 0 Å². The third kappa shape index (κ3) is 18.9. The zero-order valence-electron chi connectivity index (χ0n) is 32.3. The molecule has 0 spiro atoms. The maximum Gasteiger partial charge on any atom is 0.407 e. The number of nitrogens with zero attached hydrogens (tertiary/aromatic N) is 3. The molecule has 3 N–H and O–H groups in total. The number of hydrogen-bond acceptors (Lipinski definition) is 10. The fraction of sp³-hybridized carbons (Fsp3) is 0.622. The Morgan fingerprint density at radius 2 is 1.17 bits per heavy atom. The van der Waals surface area contributed by atoms with Crippen molar-refractivity contribution in [2.45, 2.75) is 105 Å². The molecule has 304 valence electrons. The van der Waals surface area contributed by atoms with Crippen molar-refractivity contribution in [3.05, 3.63) is 74.1 Å². The molecule has 0 unspecified atom stereocenters. The molecule has 54 heavy (non-hydrogen) atoms. The number of carbonyl (C=O) groups excluding carboxylic acids is 2. The van der Waals surface area contributed by atoms with Crippen LogP contribution in [0.1, 0.15) is 93.4 Å². The van der Waals surface area contributed by atoms with Crippen molar-refractivity contribution in [3.8, 4) is 0 Å². The summed E-state index contributed by atoms with van der Waals surface area (Å²) in [4.78, 5) is 44.3. The summed E-state index contributed by atoms with van der Waals surface area (Å²) in [5.74, 6) is -2.32. The highest BCUT2D eigenvalue weighted by Crippen LogP contribution is 2.33. The third-order valence-corrected chi connectivity index (χ3v) is 7.81. The van der Waals surface area contributed by atoms with Crippen LogP contribution in [0, 0.1) is 49.5 Å². The van der Waals surface area contributed by atoms with E-state index in [4.69, 9.17) is 14.6 Å². The van der Waals surface area contributed by atoms with Gasteiger partial charge in [0.15, 0.2) is 17.3 Å². The van der Waals surface area contributed by atoms with Gasteiger partial charge in [-0.3, -0.25) is 20.2 Å². The zero-order chi connectivity index (χ0) is 41.1. The molecule has 1 aliphatic carbocycles. The quantitative estimate of drug-likeness (QED) is 0.182. The Morgan fingerprint density at radius 3 is 1.57 bits per heavy atom. The lowest BCUT2D eigenvalue weighted by atomic mass is 9.89. The first-order valence-electron chi connectivity index (χ1n) is 18.0. The fourth-order valence-electron chi connectivity index (χ4n) is 5.43. The van der Waals surface area contributed by atoms with Gasteiger partial charge >= 0.3 is 17.9 Å². The van der Waals surface area contributed by atoms with Gasteiger partial charge in [-0.1, -0.05) is 31.4 Å². The summed E-state index contributed by atoms with van der Waals surface area (Å²) >= 11 is 0. The summed E-state index contributed by atoms with van der Waals surface area (Å²) in [7, 11) is 0. The molecule has 0 bridgehead atoms. The first kappa shape index (κ1) is 47.4. The molecule has 2 aliphatic rings. The van der Waals surface area contributed by atoms with Crippen molar-refractivity contribution in [1.82, 2.24) is 10.6 Å². The average molecular weight is 772 g/mol. The van der Waals surface area contributed by atoms with E-state index < -0.39 is 50.3 Å². The van der Waals surface area contributed by atoms with Gasteiger partial charge in [0.25, 0.3) is 5.69 Å². The third-order valence-electron chi connectivity index (χ3n) is 7.81. The first-order chi connectivity index (χ1) is 25.2. The van der Waals surface area contributed by atoms with Crippen LogP contribution in [0.3, 0.4) is 0 Å². The number of rotatable bonds is 7. The maximum atomic E-state index is 14.1. The molecule has 2 aromatic carbocycles.